The Balaban J connectivity index is 1.65. The first-order valence-corrected chi connectivity index (χ1v) is 9.73. The zero-order valence-corrected chi connectivity index (χ0v) is 17.4. The SMILES string of the molecule is CN(C)CCCOc1ccc(NC(=O)c2cc(=O)c3cc(Br)ccc3[nH]2)cc1. The van der Waals surface area contributed by atoms with Crippen LogP contribution in [0.1, 0.15) is 16.9 Å². The Morgan fingerprint density at radius 2 is 1.89 bits per heavy atom. The van der Waals surface area contributed by atoms with Gasteiger partial charge in [-0.05, 0) is 63.0 Å². The van der Waals surface area contributed by atoms with Crippen molar-refractivity contribution in [3.63, 3.8) is 0 Å². The number of hydrogen-bond donors (Lipinski definition) is 2. The number of nitrogens with one attached hydrogen (secondary N) is 2. The van der Waals surface area contributed by atoms with E-state index in [9.17, 15) is 9.59 Å². The van der Waals surface area contributed by atoms with Crippen LogP contribution in [0, 0.1) is 0 Å². The first-order valence-electron chi connectivity index (χ1n) is 8.94. The molecule has 1 aromatic heterocycles. The van der Waals surface area contributed by atoms with Gasteiger partial charge in [0, 0.05) is 33.7 Å². The van der Waals surface area contributed by atoms with Crippen molar-refractivity contribution >= 4 is 38.4 Å². The maximum absolute atomic E-state index is 12.5. The Bertz CT molecular complexity index is 1030. The van der Waals surface area contributed by atoms with Crippen LogP contribution in [0.2, 0.25) is 0 Å². The predicted octanol–water partition coefficient (Wildman–Crippen LogP) is 3.87. The molecule has 0 aliphatic rings. The van der Waals surface area contributed by atoms with E-state index in [-0.39, 0.29) is 17.0 Å². The van der Waals surface area contributed by atoms with Crippen LogP contribution in [0.15, 0.2) is 57.8 Å². The average Bonchev–Trinajstić information content (AvgIpc) is 2.66. The maximum atomic E-state index is 12.5. The molecule has 0 saturated heterocycles. The molecule has 0 aliphatic carbocycles. The van der Waals surface area contributed by atoms with Gasteiger partial charge < -0.3 is 19.9 Å². The van der Waals surface area contributed by atoms with Gasteiger partial charge in [-0.1, -0.05) is 15.9 Å². The Kier molecular flexibility index (Phi) is 6.49. The number of H-pyrrole nitrogens is 1. The van der Waals surface area contributed by atoms with Gasteiger partial charge in [-0.25, -0.2) is 0 Å². The number of halogens is 1. The van der Waals surface area contributed by atoms with Crippen molar-refractivity contribution in [1.82, 2.24) is 9.88 Å². The molecular formula is C21H22BrN3O3. The van der Waals surface area contributed by atoms with E-state index < -0.39 is 0 Å². The summed E-state index contributed by atoms with van der Waals surface area (Å²) in [7, 11) is 4.05. The minimum Gasteiger partial charge on any atom is -0.494 e. The summed E-state index contributed by atoms with van der Waals surface area (Å²) in [6.45, 7) is 1.60. The van der Waals surface area contributed by atoms with E-state index in [4.69, 9.17) is 4.74 Å². The number of ether oxygens (including phenoxy) is 1. The largest absolute Gasteiger partial charge is 0.494 e. The third kappa shape index (κ3) is 5.21. The number of aromatic amines is 1. The normalized spacial score (nSPS) is 11.0. The molecule has 0 aliphatic heterocycles. The lowest BCUT2D eigenvalue weighted by Crippen LogP contribution is -2.17. The Hall–Kier alpha value is -2.64. The minimum absolute atomic E-state index is 0.207. The number of nitrogens with zero attached hydrogens (tertiary/aromatic N) is 1. The topological polar surface area (TPSA) is 74.4 Å². The van der Waals surface area contributed by atoms with Crippen LogP contribution in [0.4, 0.5) is 5.69 Å². The van der Waals surface area contributed by atoms with Crippen molar-refractivity contribution in [3.05, 3.63) is 68.9 Å². The standard InChI is InChI=1S/C21H22BrN3O3/c1-25(2)10-3-11-28-16-7-5-15(6-8-16)23-21(27)19-13-20(26)17-12-14(22)4-9-18(17)24-19/h4-9,12-13H,3,10-11H2,1-2H3,(H,23,27)(H,24,26). The number of anilines is 1. The van der Waals surface area contributed by atoms with Gasteiger partial charge in [-0.15, -0.1) is 0 Å². The highest BCUT2D eigenvalue weighted by Gasteiger charge is 2.10. The van der Waals surface area contributed by atoms with Gasteiger partial charge in [0.15, 0.2) is 5.43 Å². The van der Waals surface area contributed by atoms with Crippen LogP contribution in [0.25, 0.3) is 10.9 Å². The minimum atomic E-state index is -0.374. The van der Waals surface area contributed by atoms with Crippen molar-refractivity contribution in [2.45, 2.75) is 6.42 Å². The number of fused-ring (bicyclic) bond motifs is 1. The molecule has 0 fully saturated rings. The molecule has 0 saturated carbocycles. The first kappa shape index (κ1) is 20.1. The summed E-state index contributed by atoms with van der Waals surface area (Å²) in [5.74, 6) is 0.378. The van der Waals surface area contributed by atoms with Gasteiger partial charge in [0.2, 0.25) is 0 Å². The van der Waals surface area contributed by atoms with E-state index in [2.05, 4.69) is 31.1 Å². The van der Waals surface area contributed by atoms with E-state index in [1.54, 1.807) is 24.3 Å². The Morgan fingerprint density at radius 3 is 2.61 bits per heavy atom. The highest BCUT2D eigenvalue weighted by atomic mass is 79.9. The van der Waals surface area contributed by atoms with Crippen LogP contribution >= 0.6 is 15.9 Å². The fourth-order valence-corrected chi connectivity index (χ4v) is 3.11. The number of carbonyl (C=O) groups is 1. The lowest BCUT2D eigenvalue weighted by Gasteiger charge is -2.11. The molecule has 1 heterocycles. The van der Waals surface area contributed by atoms with Crippen LogP contribution in [0.5, 0.6) is 5.75 Å². The summed E-state index contributed by atoms with van der Waals surface area (Å²) >= 11 is 3.35. The van der Waals surface area contributed by atoms with Gasteiger partial charge in [0.1, 0.15) is 11.4 Å². The Morgan fingerprint density at radius 1 is 1.14 bits per heavy atom. The molecule has 0 unspecified atom stereocenters. The molecule has 0 radical (unpaired) electrons. The number of amides is 1. The highest BCUT2D eigenvalue weighted by molar-refractivity contribution is 9.10. The average molecular weight is 444 g/mol. The zero-order chi connectivity index (χ0) is 20.1. The number of pyridine rings is 1. The van der Waals surface area contributed by atoms with Crippen molar-refractivity contribution in [2.24, 2.45) is 0 Å². The van der Waals surface area contributed by atoms with Gasteiger partial charge >= 0.3 is 0 Å². The van der Waals surface area contributed by atoms with Crippen LogP contribution < -0.4 is 15.5 Å². The molecule has 0 bridgehead atoms. The zero-order valence-electron chi connectivity index (χ0n) is 15.8. The van der Waals surface area contributed by atoms with Crippen molar-refractivity contribution in [1.29, 1.82) is 0 Å². The fourth-order valence-electron chi connectivity index (χ4n) is 2.75. The summed E-state index contributed by atoms with van der Waals surface area (Å²) in [4.78, 5) is 29.9. The fraction of sp³-hybridized carbons (Fsp3) is 0.238. The maximum Gasteiger partial charge on any atom is 0.272 e. The molecule has 2 N–H and O–H groups in total. The molecule has 28 heavy (non-hydrogen) atoms. The molecular weight excluding hydrogens is 422 g/mol. The second kappa shape index (κ2) is 9.03. The number of rotatable bonds is 7. The highest BCUT2D eigenvalue weighted by Crippen LogP contribution is 2.18. The third-order valence-electron chi connectivity index (χ3n) is 4.17. The second-order valence-corrected chi connectivity index (χ2v) is 7.64. The van der Waals surface area contributed by atoms with E-state index in [0.717, 1.165) is 23.2 Å². The number of hydrogen-bond acceptors (Lipinski definition) is 4. The van der Waals surface area contributed by atoms with E-state index in [0.29, 0.717) is 23.2 Å². The lowest BCUT2D eigenvalue weighted by atomic mass is 10.2. The van der Waals surface area contributed by atoms with E-state index in [1.165, 1.54) is 6.07 Å². The smallest absolute Gasteiger partial charge is 0.272 e. The molecule has 6 nitrogen and oxygen atoms in total. The first-order chi connectivity index (χ1) is 13.4. The molecule has 0 spiro atoms. The van der Waals surface area contributed by atoms with Crippen LogP contribution in [-0.2, 0) is 0 Å². The van der Waals surface area contributed by atoms with Gasteiger partial charge in [-0.2, -0.15) is 0 Å². The summed E-state index contributed by atoms with van der Waals surface area (Å²) < 4.78 is 6.50. The van der Waals surface area contributed by atoms with Crippen LogP contribution in [-0.4, -0.2) is 43.0 Å². The van der Waals surface area contributed by atoms with Crippen LogP contribution in [0.3, 0.4) is 0 Å². The van der Waals surface area contributed by atoms with E-state index >= 15 is 0 Å². The predicted molar refractivity (Wildman–Crippen MR) is 115 cm³/mol. The number of carbonyl (C=O) groups excluding carboxylic acids is 1. The quantitative estimate of drug-likeness (QED) is 0.543. The van der Waals surface area contributed by atoms with E-state index in [1.807, 2.05) is 32.3 Å². The molecule has 3 rings (SSSR count). The summed E-state index contributed by atoms with van der Waals surface area (Å²) in [6, 6.07) is 13.8. The third-order valence-corrected chi connectivity index (χ3v) is 4.66. The number of aromatic nitrogens is 1. The van der Waals surface area contributed by atoms with Gasteiger partial charge in [0.25, 0.3) is 5.91 Å². The molecule has 1 amide bonds. The monoisotopic (exact) mass is 443 g/mol. The molecule has 7 heteroatoms. The lowest BCUT2D eigenvalue weighted by molar-refractivity contribution is 0.102. The molecule has 0 atom stereocenters. The summed E-state index contributed by atoms with van der Waals surface area (Å²) in [5, 5.41) is 3.32. The van der Waals surface area contributed by atoms with Crippen molar-refractivity contribution < 1.29 is 9.53 Å². The second-order valence-electron chi connectivity index (χ2n) is 6.72. The Labute approximate surface area is 171 Å². The molecule has 2 aromatic carbocycles. The van der Waals surface area contributed by atoms with Gasteiger partial charge in [-0.3, -0.25) is 9.59 Å². The summed E-state index contributed by atoms with van der Waals surface area (Å²) in [5.41, 5.74) is 1.25. The van der Waals surface area contributed by atoms with Gasteiger partial charge in [0.05, 0.1) is 6.61 Å². The molecule has 3 aromatic rings. The molecule has 146 valence electrons. The van der Waals surface area contributed by atoms with Crippen molar-refractivity contribution in [2.75, 3.05) is 32.6 Å². The van der Waals surface area contributed by atoms with Crippen molar-refractivity contribution in [3.8, 4) is 5.75 Å². The number of benzene rings is 2. The summed E-state index contributed by atoms with van der Waals surface area (Å²) in [6.07, 6.45) is 0.942.